The Hall–Kier alpha value is -1.99. The van der Waals surface area contributed by atoms with Gasteiger partial charge in [0.25, 0.3) is 0 Å². The average Bonchev–Trinajstić information content (AvgIpc) is 3.03. The molecule has 0 saturated carbocycles. The molecule has 1 aliphatic heterocycles. The lowest BCUT2D eigenvalue weighted by atomic mass is 9.93. The largest absolute Gasteiger partial charge is 0.382 e. The smallest absolute Gasteiger partial charge is 0.147 e. The van der Waals surface area contributed by atoms with Crippen LogP contribution in [0.1, 0.15) is 24.1 Å². The minimum Gasteiger partial charge on any atom is -0.382 e. The molecule has 0 unspecified atom stereocenters. The van der Waals surface area contributed by atoms with E-state index in [0.29, 0.717) is 5.82 Å². The summed E-state index contributed by atoms with van der Waals surface area (Å²) in [5.74, 6) is 1.65. The Kier molecular flexibility index (Phi) is 3.31. The van der Waals surface area contributed by atoms with E-state index in [4.69, 9.17) is 15.5 Å². The maximum atomic E-state index is 6.13. The van der Waals surface area contributed by atoms with E-state index in [9.17, 15) is 0 Å². The van der Waals surface area contributed by atoms with Crippen LogP contribution in [-0.2, 0) is 17.6 Å². The second-order valence-electron chi connectivity index (χ2n) is 6.41. The molecule has 2 N–H and O–H groups in total. The molecule has 0 bridgehead atoms. The van der Waals surface area contributed by atoms with E-state index in [0.717, 1.165) is 55.2 Å². The molecule has 4 heterocycles. The van der Waals surface area contributed by atoms with Gasteiger partial charge in [0.2, 0.25) is 0 Å². The molecule has 2 aliphatic rings. The fourth-order valence-corrected chi connectivity index (χ4v) is 5.02. The number of aromatic nitrogens is 3. The number of morpholine rings is 1. The topological polar surface area (TPSA) is 77.2 Å². The van der Waals surface area contributed by atoms with Crippen molar-refractivity contribution in [3.8, 4) is 0 Å². The molecule has 0 atom stereocenters. The molecular formula is C17H19N5OS. The second-order valence-corrected chi connectivity index (χ2v) is 7.43. The number of hydrogen-bond donors (Lipinski definition) is 1. The molecular weight excluding hydrogens is 322 g/mol. The van der Waals surface area contributed by atoms with Crippen molar-refractivity contribution in [2.45, 2.75) is 25.7 Å². The van der Waals surface area contributed by atoms with E-state index in [1.807, 2.05) is 0 Å². The number of anilines is 2. The van der Waals surface area contributed by atoms with Crippen LogP contribution in [0.2, 0.25) is 0 Å². The van der Waals surface area contributed by atoms with Crippen LogP contribution in [0.25, 0.3) is 20.3 Å². The predicted octanol–water partition coefficient (Wildman–Crippen LogP) is 2.54. The number of nitrogens with zero attached hydrogens (tertiary/aromatic N) is 4. The van der Waals surface area contributed by atoms with Gasteiger partial charge in [-0.25, -0.2) is 15.0 Å². The standard InChI is InChI=1S/C17H19N5OS/c18-16-15-13(19-9-20-16)12-10-3-1-2-4-11(10)21-17(14(12)24-15)22-5-7-23-8-6-22/h9H,1-8H2,(H2,18,19,20). The van der Waals surface area contributed by atoms with Gasteiger partial charge in [0.05, 0.1) is 28.1 Å². The normalized spacial score (nSPS) is 18.2. The molecule has 0 amide bonds. The number of ether oxygens (including phenoxy) is 1. The van der Waals surface area contributed by atoms with Gasteiger partial charge in [-0.2, -0.15) is 0 Å². The van der Waals surface area contributed by atoms with E-state index < -0.39 is 0 Å². The van der Waals surface area contributed by atoms with Crippen molar-refractivity contribution in [1.29, 1.82) is 0 Å². The fraction of sp³-hybridized carbons (Fsp3) is 0.471. The summed E-state index contributed by atoms with van der Waals surface area (Å²) >= 11 is 1.69. The zero-order chi connectivity index (χ0) is 16.1. The zero-order valence-electron chi connectivity index (χ0n) is 13.4. The number of nitrogens with two attached hydrogens (primary N) is 1. The zero-order valence-corrected chi connectivity index (χ0v) is 14.2. The summed E-state index contributed by atoms with van der Waals surface area (Å²) in [5.41, 5.74) is 9.74. The van der Waals surface area contributed by atoms with Gasteiger partial charge in [0.1, 0.15) is 18.0 Å². The molecule has 3 aromatic heterocycles. The van der Waals surface area contributed by atoms with Gasteiger partial charge in [0.15, 0.2) is 0 Å². The lowest BCUT2D eigenvalue weighted by Crippen LogP contribution is -2.37. The highest BCUT2D eigenvalue weighted by Crippen LogP contribution is 2.43. The van der Waals surface area contributed by atoms with Gasteiger partial charge < -0.3 is 15.4 Å². The van der Waals surface area contributed by atoms with Crippen molar-refractivity contribution < 1.29 is 4.74 Å². The number of fused-ring (bicyclic) bond motifs is 5. The Balaban J connectivity index is 1.85. The molecule has 7 heteroatoms. The lowest BCUT2D eigenvalue weighted by molar-refractivity contribution is 0.122. The SMILES string of the molecule is Nc1ncnc2c1sc1c(N3CCOCC3)nc3c(c12)CCCC3. The van der Waals surface area contributed by atoms with E-state index in [1.54, 1.807) is 17.7 Å². The Morgan fingerprint density at radius 3 is 2.79 bits per heavy atom. The Morgan fingerprint density at radius 2 is 1.92 bits per heavy atom. The van der Waals surface area contributed by atoms with Crippen LogP contribution in [0.15, 0.2) is 6.33 Å². The first-order valence-corrected chi connectivity index (χ1v) is 9.31. The van der Waals surface area contributed by atoms with Crippen molar-refractivity contribution >= 4 is 43.3 Å². The quantitative estimate of drug-likeness (QED) is 0.733. The first-order valence-electron chi connectivity index (χ1n) is 8.50. The number of pyridine rings is 1. The average molecular weight is 341 g/mol. The van der Waals surface area contributed by atoms with E-state index in [1.165, 1.54) is 34.2 Å². The van der Waals surface area contributed by atoms with Crippen molar-refractivity contribution in [2.75, 3.05) is 36.9 Å². The van der Waals surface area contributed by atoms with Gasteiger partial charge in [0, 0.05) is 24.2 Å². The van der Waals surface area contributed by atoms with Gasteiger partial charge in [-0.3, -0.25) is 0 Å². The van der Waals surface area contributed by atoms with Crippen LogP contribution in [-0.4, -0.2) is 41.3 Å². The molecule has 1 aliphatic carbocycles. The highest BCUT2D eigenvalue weighted by Gasteiger charge is 2.25. The predicted molar refractivity (Wildman–Crippen MR) is 96.8 cm³/mol. The van der Waals surface area contributed by atoms with Gasteiger partial charge in [-0.1, -0.05) is 0 Å². The molecule has 1 saturated heterocycles. The summed E-state index contributed by atoms with van der Waals surface area (Å²) in [6.07, 6.45) is 6.15. The summed E-state index contributed by atoms with van der Waals surface area (Å²) in [5, 5.41) is 1.26. The third kappa shape index (κ3) is 2.08. The Bertz CT molecular complexity index is 932. The molecule has 0 aromatic carbocycles. The number of rotatable bonds is 1. The molecule has 1 fully saturated rings. The lowest BCUT2D eigenvalue weighted by Gasteiger charge is -2.29. The number of nitrogen functional groups attached to an aromatic ring is 1. The summed E-state index contributed by atoms with van der Waals surface area (Å²) in [4.78, 5) is 16.2. The Labute approximate surface area is 143 Å². The molecule has 124 valence electrons. The molecule has 5 rings (SSSR count). The van der Waals surface area contributed by atoms with Gasteiger partial charge >= 0.3 is 0 Å². The highest BCUT2D eigenvalue weighted by molar-refractivity contribution is 7.26. The number of thiophene rings is 1. The van der Waals surface area contributed by atoms with Gasteiger partial charge in [-0.05, 0) is 31.2 Å². The van der Waals surface area contributed by atoms with Crippen molar-refractivity contribution in [2.24, 2.45) is 0 Å². The van der Waals surface area contributed by atoms with Crippen molar-refractivity contribution in [3.63, 3.8) is 0 Å². The first kappa shape index (κ1) is 14.4. The fourth-order valence-electron chi connectivity index (χ4n) is 3.81. The maximum Gasteiger partial charge on any atom is 0.147 e. The van der Waals surface area contributed by atoms with Crippen LogP contribution in [0.4, 0.5) is 11.6 Å². The minimum absolute atomic E-state index is 0.568. The van der Waals surface area contributed by atoms with E-state index in [-0.39, 0.29) is 0 Å². The van der Waals surface area contributed by atoms with Crippen LogP contribution >= 0.6 is 11.3 Å². The third-order valence-electron chi connectivity index (χ3n) is 4.99. The van der Waals surface area contributed by atoms with E-state index >= 15 is 0 Å². The number of hydrogen-bond acceptors (Lipinski definition) is 7. The molecule has 0 spiro atoms. The first-order chi connectivity index (χ1) is 11.8. The van der Waals surface area contributed by atoms with Crippen molar-refractivity contribution in [1.82, 2.24) is 15.0 Å². The highest BCUT2D eigenvalue weighted by atomic mass is 32.1. The molecule has 24 heavy (non-hydrogen) atoms. The Morgan fingerprint density at radius 1 is 1.08 bits per heavy atom. The summed E-state index contributed by atoms with van der Waals surface area (Å²) in [6.45, 7) is 3.28. The van der Waals surface area contributed by atoms with Crippen LogP contribution in [0, 0.1) is 0 Å². The summed E-state index contributed by atoms with van der Waals surface area (Å²) < 4.78 is 7.71. The van der Waals surface area contributed by atoms with Crippen LogP contribution in [0.3, 0.4) is 0 Å². The van der Waals surface area contributed by atoms with Crippen LogP contribution in [0.5, 0.6) is 0 Å². The molecule has 3 aromatic rings. The van der Waals surface area contributed by atoms with E-state index in [2.05, 4.69) is 14.9 Å². The molecule has 0 radical (unpaired) electrons. The van der Waals surface area contributed by atoms with Crippen molar-refractivity contribution in [3.05, 3.63) is 17.6 Å². The number of aryl methyl sites for hydroxylation is 2. The molecule has 6 nitrogen and oxygen atoms in total. The van der Waals surface area contributed by atoms with Gasteiger partial charge in [-0.15, -0.1) is 11.3 Å². The summed E-state index contributed by atoms with van der Waals surface area (Å²) in [7, 11) is 0. The third-order valence-corrected chi connectivity index (χ3v) is 6.19. The maximum absolute atomic E-state index is 6.13. The summed E-state index contributed by atoms with van der Waals surface area (Å²) in [6, 6.07) is 0. The second kappa shape index (κ2) is 5.53. The monoisotopic (exact) mass is 341 g/mol. The van der Waals surface area contributed by atoms with Crippen LogP contribution < -0.4 is 10.6 Å². The minimum atomic E-state index is 0.568.